The Morgan fingerprint density at radius 3 is 2.30 bits per heavy atom. The van der Waals surface area contributed by atoms with E-state index in [9.17, 15) is 26.4 Å². The van der Waals surface area contributed by atoms with E-state index < -0.39 is 32.8 Å². The normalized spacial score (nSPS) is 18.8. The van der Waals surface area contributed by atoms with Crippen molar-refractivity contribution in [3.8, 4) is 0 Å². The van der Waals surface area contributed by atoms with E-state index in [0.717, 1.165) is 33.8 Å². The number of para-hydroxylation sites is 1. The molecule has 160 valence electrons. The number of piperidine rings is 1. The fourth-order valence-electron chi connectivity index (χ4n) is 3.93. The third-order valence-corrected chi connectivity index (χ3v) is 7.35. The van der Waals surface area contributed by atoms with Crippen LogP contribution in [0.1, 0.15) is 24.0 Å². The summed E-state index contributed by atoms with van der Waals surface area (Å²) in [6.07, 6.45) is -4.70. The third-order valence-electron chi connectivity index (χ3n) is 5.40. The largest absolute Gasteiger partial charge is 0.444 e. The highest BCUT2D eigenvalue weighted by Crippen LogP contribution is 2.37. The molecule has 10 heteroatoms. The Morgan fingerprint density at radius 2 is 1.60 bits per heavy atom. The van der Waals surface area contributed by atoms with Gasteiger partial charge in [-0.1, -0.05) is 30.3 Å². The number of benzene rings is 2. The van der Waals surface area contributed by atoms with Crippen LogP contribution in [0.5, 0.6) is 0 Å². The minimum Gasteiger partial charge on any atom is -0.444 e. The first-order chi connectivity index (χ1) is 14.2. The molecule has 0 radical (unpaired) electrons. The van der Waals surface area contributed by atoms with E-state index in [-0.39, 0.29) is 38.6 Å². The van der Waals surface area contributed by atoms with Gasteiger partial charge >= 0.3 is 12.3 Å². The molecular weight excluding hydrogens is 421 g/mol. The summed E-state index contributed by atoms with van der Waals surface area (Å²) in [6.45, 7) is 0.184. The van der Waals surface area contributed by atoms with Crippen LogP contribution in [0.4, 0.5) is 23.7 Å². The van der Waals surface area contributed by atoms with E-state index in [4.69, 9.17) is 4.74 Å². The summed E-state index contributed by atoms with van der Waals surface area (Å²) >= 11 is 0. The van der Waals surface area contributed by atoms with Gasteiger partial charge in [0.25, 0.3) is 0 Å². The van der Waals surface area contributed by atoms with Crippen molar-refractivity contribution in [2.24, 2.45) is 0 Å². The van der Waals surface area contributed by atoms with Gasteiger partial charge in [0.05, 0.1) is 16.1 Å². The number of rotatable bonds is 3. The van der Waals surface area contributed by atoms with Gasteiger partial charge in [0.1, 0.15) is 6.61 Å². The second kappa shape index (κ2) is 7.59. The Balaban J connectivity index is 1.55. The summed E-state index contributed by atoms with van der Waals surface area (Å²) in [5, 5.41) is 0. The zero-order valence-electron chi connectivity index (χ0n) is 15.8. The van der Waals surface area contributed by atoms with E-state index in [1.807, 2.05) is 12.1 Å². The number of carbonyl (C=O) groups excluding carboxylic acids is 1. The molecular formula is C20H19F3N2O4S. The molecule has 0 N–H and O–H groups in total. The van der Waals surface area contributed by atoms with Gasteiger partial charge in [0.2, 0.25) is 10.0 Å². The molecule has 2 aliphatic rings. The Hall–Kier alpha value is -2.59. The molecule has 2 aromatic carbocycles. The first-order valence-corrected chi connectivity index (χ1v) is 10.8. The SMILES string of the molecule is O=C1OCc2ccccc2N1C1CCN(S(=O)(=O)c2ccccc2C(F)(F)F)CC1. The topological polar surface area (TPSA) is 66.9 Å². The number of hydrogen-bond donors (Lipinski definition) is 0. The molecule has 1 saturated heterocycles. The van der Waals surface area contributed by atoms with Crippen molar-refractivity contribution < 1.29 is 31.1 Å². The molecule has 2 aromatic rings. The van der Waals surface area contributed by atoms with Crippen LogP contribution in [0.25, 0.3) is 0 Å². The minimum absolute atomic E-state index is 0.00510. The maximum Gasteiger partial charge on any atom is 0.417 e. The van der Waals surface area contributed by atoms with Gasteiger partial charge < -0.3 is 4.74 Å². The summed E-state index contributed by atoms with van der Waals surface area (Å²) in [5.74, 6) is 0. The molecule has 4 rings (SSSR count). The smallest absolute Gasteiger partial charge is 0.417 e. The highest BCUT2D eigenvalue weighted by Gasteiger charge is 2.41. The van der Waals surface area contributed by atoms with Crippen LogP contribution < -0.4 is 4.90 Å². The molecule has 0 atom stereocenters. The number of ether oxygens (including phenoxy) is 1. The molecule has 1 fully saturated rings. The molecule has 0 saturated carbocycles. The predicted molar refractivity (Wildman–Crippen MR) is 102 cm³/mol. The summed E-state index contributed by atoms with van der Waals surface area (Å²) in [5.41, 5.74) is 0.393. The fraction of sp³-hybridized carbons (Fsp3) is 0.350. The Morgan fingerprint density at radius 1 is 0.967 bits per heavy atom. The van der Waals surface area contributed by atoms with Crippen molar-refractivity contribution in [1.29, 1.82) is 0 Å². The summed E-state index contributed by atoms with van der Waals surface area (Å²) in [6, 6.07) is 11.2. The van der Waals surface area contributed by atoms with E-state index in [1.54, 1.807) is 12.1 Å². The second-order valence-corrected chi connectivity index (χ2v) is 9.09. The molecule has 2 heterocycles. The van der Waals surface area contributed by atoms with E-state index in [2.05, 4.69) is 0 Å². The molecule has 0 aromatic heterocycles. The number of anilines is 1. The van der Waals surface area contributed by atoms with Gasteiger partial charge in [-0.2, -0.15) is 17.5 Å². The van der Waals surface area contributed by atoms with Crippen LogP contribution in [-0.4, -0.2) is 37.9 Å². The number of hydrogen-bond acceptors (Lipinski definition) is 4. The average Bonchev–Trinajstić information content (AvgIpc) is 2.73. The van der Waals surface area contributed by atoms with Gasteiger partial charge in [-0.05, 0) is 31.0 Å². The predicted octanol–water partition coefficient (Wildman–Crippen LogP) is 4.02. The van der Waals surface area contributed by atoms with E-state index in [0.29, 0.717) is 0 Å². The standard InChI is InChI=1S/C20H19F3N2O4S/c21-20(22,23)16-6-2-4-8-18(16)30(27,28)24-11-9-15(10-12-24)25-17-7-3-1-5-14(17)13-29-19(25)26/h1-8,15H,9-13H2. The lowest BCUT2D eigenvalue weighted by Gasteiger charge is -2.39. The van der Waals surface area contributed by atoms with Crippen molar-refractivity contribution in [2.75, 3.05) is 18.0 Å². The van der Waals surface area contributed by atoms with Crippen LogP contribution in [-0.2, 0) is 27.5 Å². The van der Waals surface area contributed by atoms with Gasteiger partial charge in [-0.15, -0.1) is 0 Å². The quantitative estimate of drug-likeness (QED) is 0.723. The third kappa shape index (κ3) is 3.65. The maximum absolute atomic E-state index is 13.3. The molecule has 1 amide bonds. The van der Waals surface area contributed by atoms with E-state index >= 15 is 0 Å². The van der Waals surface area contributed by atoms with Crippen LogP contribution in [0.2, 0.25) is 0 Å². The molecule has 0 bridgehead atoms. The first-order valence-electron chi connectivity index (χ1n) is 9.40. The lowest BCUT2D eigenvalue weighted by molar-refractivity contribution is -0.139. The number of amides is 1. The van der Waals surface area contributed by atoms with Crippen molar-refractivity contribution in [3.63, 3.8) is 0 Å². The second-order valence-electron chi connectivity index (χ2n) is 7.18. The van der Waals surface area contributed by atoms with Crippen molar-refractivity contribution in [2.45, 2.75) is 36.6 Å². The molecule has 0 spiro atoms. The van der Waals surface area contributed by atoms with E-state index in [1.165, 1.54) is 11.0 Å². The molecule has 0 unspecified atom stereocenters. The lowest BCUT2D eigenvalue weighted by Crippen LogP contribution is -2.50. The molecule has 2 aliphatic heterocycles. The highest BCUT2D eigenvalue weighted by molar-refractivity contribution is 7.89. The molecule has 0 aliphatic carbocycles. The van der Waals surface area contributed by atoms with Crippen molar-refractivity contribution >= 4 is 21.8 Å². The number of alkyl halides is 3. The number of cyclic esters (lactones) is 1. The van der Waals surface area contributed by atoms with Gasteiger partial charge in [-0.25, -0.2) is 13.2 Å². The van der Waals surface area contributed by atoms with Gasteiger partial charge in [-0.3, -0.25) is 4.90 Å². The van der Waals surface area contributed by atoms with Gasteiger partial charge in [0.15, 0.2) is 0 Å². The zero-order valence-corrected chi connectivity index (χ0v) is 16.6. The Bertz CT molecular complexity index is 1060. The summed E-state index contributed by atoms with van der Waals surface area (Å²) < 4.78 is 72.0. The van der Waals surface area contributed by atoms with Crippen LogP contribution in [0.3, 0.4) is 0 Å². The van der Waals surface area contributed by atoms with Crippen molar-refractivity contribution in [1.82, 2.24) is 4.31 Å². The number of nitrogens with zero attached hydrogens (tertiary/aromatic N) is 2. The van der Waals surface area contributed by atoms with Crippen LogP contribution in [0, 0.1) is 0 Å². The van der Waals surface area contributed by atoms with Gasteiger partial charge in [0, 0.05) is 24.7 Å². The monoisotopic (exact) mass is 440 g/mol. The first kappa shape index (κ1) is 20.7. The Kier molecular flexibility index (Phi) is 5.23. The maximum atomic E-state index is 13.3. The molecule has 30 heavy (non-hydrogen) atoms. The minimum atomic E-state index is -4.77. The number of carbonyl (C=O) groups is 1. The zero-order chi connectivity index (χ0) is 21.5. The number of sulfonamides is 1. The highest BCUT2D eigenvalue weighted by atomic mass is 32.2. The van der Waals surface area contributed by atoms with Crippen LogP contribution in [0.15, 0.2) is 53.4 Å². The summed E-state index contributed by atoms with van der Waals surface area (Å²) in [4.78, 5) is 13.1. The number of fused-ring (bicyclic) bond motifs is 1. The summed E-state index contributed by atoms with van der Waals surface area (Å²) in [7, 11) is -4.33. The van der Waals surface area contributed by atoms with Crippen molar-refractivity contribution in [3.05, 3.63) is 59.7 Å². The molecule has 6 nitrogen and oxygen atoms in total. The average molecular weight is 440 g/mol. The Labute approximate surface area is 171 Å². The number of halogens is 3. The fourth-order valence-corrected chi connectivity index (χ4v) is 5.61. The van der Waals surface area contributed by atoms with Crippen LogP contribution >= 0.6 is 0 Å². The lowest BCUT2D eigenvalue weighted by atomic mass is 10.0.